The topological polar surface area (TPSA) is 744 Å². The van der Waals surface area contributed by atoms with Crippen LogP contribution in [0.3, 0.4) is 0 Å². The molecule has 1 unspecified atom stereocenters. The molecule has 0 aromatic heterocycles. The number of aliphatic hydroxyl groups excluding tert-OH is 29. The minimum absolute atomic E-state index is 0.888. The molecule has 0 saturated carbocycles. The highest BCUT2D eigenvalue weighted by Gasteiger charge is 2.60. The van der Waals surface area contributed by atoms with Gasteiger partial charge in [0.2, 0.25) is 0 Å². The van der Waals surface area contributed by atoms with Gasteiger partial charge in [-0.25, -0.2) is 0 Å². The van der Waals surface area contributed by atoms with E-state index in [1.807, 2.05) is 0 Å². The lowest BCUT2D eigenvalue weighted by molar-refractivity contribution is -0.399. The van der Waals surface area contributed by atoms with Crippen molar-refractivity contribution in [1.82, 2.24) is 0 Å². The highest BCUT2D eigenvalue weighted by molar-refractivity contribution is 5.02. The Kier molecular flexibility index (Phi) is 29.2. The summed E-state index contributed by atoms with van der Waals surface area (Å²) in [6.07, 6.45) is -91.5. The molecule has 9 rings (SSSR count). The lowest BCUT2D eigenvalue weighted by Gasteiger charge is -2.50. The zero-order valence-electron chi connectivity index (χ0n) is 52.3. The van der Waals surface area contributed by atoms with Crippen molar-refractivity contribution in [2.24, 2.45) is 0 Å². The van der Waals surface area contributed by atoms with Gasteiger partial charge in [-0.05, 0) is 0 Å². The molecule has 46 heteroatoms. The summed E-state index contributed by atoms with van der Waals surface area (Å²) >= 11 is 0. The first-order chi connectivity index (χ1) is 47.4. The highest BCUT2D eigenvalue weighted by atomic mass is 16.8. The van der Waals surface area contributed by atoms with E-state index >= 15 is 0 Å². The van der Waals surface area contributed by atoms with Crippen LogP contribution in [-0.4, -0.2) is 484 Å². The Morgan fingerprint density at radius 3 is 0.600 bits per heavy atom. The Balaban J connectivity index is 0.904. The molecule has 45 atom stereocenters. The van der Waals surface area contributed by atoms with Gasteiger partial charge < -0.3 is 229 Å². The van der Waals surface area contributed by atoms with Crippen molar-refractivity contribution < 1.29 is 229 Å². The SMILES string of the molecule is OC[C@H]1O[C@H](O[C@H]2[C@H](O)[C@@H](O)[C@@H](O[C@H]3[C@H](O)[C@@H](O)[C@@H](OC[C@H]4O[C@H](O[C@H]5[C@H](O)[C@@H](O)[C@@H](O[C@H]6[C@H](O)[C@@H](O)[C@@H](O[C@H]7[C@H](O)[C@@H](O)C(O)O[C@@H]7CO)O[C@@H]6CO)O[C@@H]5CO)[C@H](O)[C@@H](O)[C@@H]4O[C@H]4O[C@H](CO)[C@@H](O[C@H]5O[C@H](CO)[C@@H](O)[C@H](O)[C@H]5O)[C@H](O)[C@H]4O)O[C@@H]3CO)O[C@@H]2CO)[C@H](O)[C@@H](O)[C@@H]1O. The molecular formula is C54H92O46. The molecule has 0 aromatic carbocycles. The van der Waals surface area contributed by atoms with Crippen molar-refractivity contribution >= 4 is 0 Å². The fourth-order valence-corrected chi connectivity index (χ4v) is 12.9. The molecule has 0 aliphatic carbocycles. The summed E-state index contributed by atoms with van der Waals surface area (Å²) in [7, 11) is 0. The van der Waals surface area contributed by atoms with Crippen LogP contribution in [0.2, 0.25) is 0 Å². The van der Waals surface area contributed by atoms with Crippen molar-refractivity contribution in [1.29, 1.82) is 0 Å². The van der Waals surface area contributed by atoms with E-state index in [9.17, 15) is 148 Å². The molecule has 0 amide bonds. The van der Waals surface area contributed by atoms with Gasteiger partial charge in [0, 0.05) is 0 Å². The summed E-state index contributed by atoms with van der Waals surface area (Å²) in [5.41, 5.74) is 0. The van der Waals surface area contributed by atoms with Gasteiger partial charge in [0.05, 0.1) is 59.5 Å². The normalized spacial score (nSPS) is 53.7. The molecule has 9 heterocycles. The predicted molar refractivity (Wildman–Crippen MR) is 297 cm³/mol. The van der Waals surface area contributed by atoms with Gasteiger partial charge in [0.15, 0.2) is 56.6 Å². The molecule has 0 spiro atoms. The van der Waals surface area contributed by atoms with Crippen LogP contribution in [0, 0.1) is 0 Å². The van der Waals surface area contributed by atoms with E-state index in [2.05, 4.69) is 0 Å². The molecule has 9 aliphatic heterocycles. The Hall–Kier alpha value is -1.84. The smallest absolute Gasteiger partial charge is 0.187 e. The summed E-state index contributed by atoms with van der Waals surface area (Å²) in [5, 5.41) is 312. The minimum Gasteiger partial charge on any atom is -0.394 e. The second-order valence-electron chi connectivity index (χ2n) is 25.2. The lowest BCUT2D eigenvalue weighted by atomic mass is 9.95. The maximum absolute atomic E-state index is 12.0. The summed E-state index contributed by atoms with van der Waals surface area (Å²) in [4.78, 5) is 0. The van der Waals surface area contributed by atoms with Gasteiger partial charge in [-0.3, -0.25) is 0 Å². The van der Waals surface area contributed by atoms with Gasteiger partial charge in [0.1, 0.15) is 220 Å². The third-order valence-electron chi connectivity index (χ3n) is 18.7. The highest BCUT2D eigenvalue weighted by Crippen LogP contribution is 2.39. The van der Waals surface area contributed by atoms with E-state index in [1.54, 1.807) is 0 Å². The Bertz CT molecular complexity index is 2440. The van der Waals surface area contributed by atoms with Crippen molar-refractivity contribution in [3.8, 4) is 0 Å². The van der Waals surface area contributed by atoms with E-state index < -0.39 is 336 Å². The fraction of sp³-hybridized carbons (Fsp3) is 1.00. The Morgan fingerprint density at radius 2 is 0.350 bits per heavy atom. The minimum atomic E-state index is -2.44. The van der Waals surface area contributed by atoms with Gasteiger partial charge in [-0.15, -0.1) is 0 Å². The number of aliphatic hydroxyl groups is 29. The van der Waals surface area contributed by atoms with Gasteiger partial charge in [-0.2, -0.15) is 0 Å². The first-order valence-electron chi connectivity index (χ1n) is 31.7. The molecular weight excluding hydrogens is 1380 g/mol. The van der Waals surface area contributed by atoms with Crippen molar-refractivity contribution in [2.75, 3.05) is 59.5 Å². The Morgan fingerprint density at radius 1 is 0.170 bits per heavy atom. The summed E-state index contributed by atoms with van der Waals surface area (Å²) in [6, 6.07) is 0. The second kappa shape index (κ2) is 35.5. The molecule has 9 fully saturated rings. The van der Waals surface area contributed by atoms with E-state index in [4.69, 9.17) is 80.5 Å². The van der Waals surface area contributed by atoms with Gasteiger partial charge in [0.25, 0.3) is 0 Å². The van der Waals surface area contributed by atoms with E-state index in [-0.39, 0.29) is 0 Å². The van der Waals surface area contributed by atoms with Crippen molar-refractivity contribution in [3.05, 3.63) is 0 Å². The maximum Gasteiger partial charge on any atom is 0.187 e. The molecule has 0 radical (unpaired) electrons. The third kappa shape index (κ3) is 16.9. The van der Waals surface area contributed by atoms with Crippen LogP contribution in [0.25, 0.3) is 0 Å². The zero-order valence-corrected chi connectivity index (χ0v) is 52.3. The number of rotatable bonds is 25. The third-order valence-corrected chi connectivity index (χ3v) is 18.7. The van der Waals surface area contributed by atoms with Crippen LogP contribution in [0.5, 0.6) is 0 Å². The van der Waals surface area contributed by atoms with Crippen molar-refractivity contribution in [2.45, 2.75) is 276 Å². The Labute approximate surface area is 563 Å². The number of hydrogen-bond donors (Lipinski definition) is 29. The fourth-order valence-electron chi connectivity index (χ4n) is 12.9. The first kappa shape index (κ1) is 82.2. The van der Waals surface area contributed by atoms with E-state index in [1.165, 1.54) is 0 Å². The number of ether oxygens (including phenoxy) is 17. The zero-order chi connectivity index (χ0) is 73.4. The van der Waals surface area contributed by atoms with E-state index in [0.29, 0.717) is 0 Å². The van der Waals surface area contributed by atoms with Gasteiger partial charge >= 0.3 is 0 Å². The average Bonchev–Trinajstić information content (AvgIpc) is 0.775. The van der Waals surface area contributed by atoms with Gasteiger partial charge in [-0.1, -0.05) is 0 Å². The largest absolute Gasteiger partial charge is 0.394 e. The quantitative estimate of drug-likeness (QED) is 0.0404. The molecule has 0 bridgehead atoms. The first-order valence-corrected chi connectivity index (χ1v) is 31.7. The number of hydrogen-bond acceptors (Lipinski definition) is 46. The molecule has 100 heavy (non-hydrogen) atoms. The van der Waals surface area contributed by atoms with Crippen LogP contribution in [0.1, 0.15) is 0 Å². The molecule has 46 nitrogen and oxygen atoms in total. The molecule has 9 saturated heterocycles. The summed E-state index contributed by atoms with van der Waals surface area (Å²) in [5.74, 6) is 0. The van der Waals surface area contributed by atoms with Crippen molar-refractivity contribution in [3.63, 3.8) is 0 Å². The molecule has 29 N–H and O–H groups in total. The van der Waals surface area contributed by atoms with Crippen LogP contribution < -0.4 is 0 Å². The van der Waals surface area contributed by atoms with Crippen LogP contribution in [-0.2, 0) is 80.5 Å². The predicted octanol–water partition coefficient (Wildman–Crippen LogP) is -20.6. The van der Waals surface area contributed by atoms with Crippen LogP contribution in [0.15, 0.2) is 0 Å². The summed E-state index contributed by atoms with van der Waals surface area (Å²) < 4.78 is 95.8. The molecule has 9 aliphatic rings. The average molecular weight is 1480 g/mol. The maximum atomic E-state index is 12.0. The van der Waals surface area contributed by atoms with Crippen LogP contribution in [0.4, 0.5) is 0 Å². The van der Waals surface area contributed by atoms with E-state index in [0.717, 1.165) is 0 Å². The second-order valence-corrected chi connectivity index (χ2v) is 25.2. The monoisotopic (exact) mass is 1480 g/mol. The molecule has 0 aromatic rings. The standard InChI is InChI=1S/C54H92O46/c55-1-10-19(63)21(65)31(75)48(86-10)95-41-14(5-59)90-51(35(79)25(41)69)97-40-13(4-58)88-47(33(77)24(40)68)84-9-18-45(100-53-37(81)28(72)42(15(6-60)92-53)96-49-32(76)22(66)20(64)11(2-56)87-49)29(73)38(82)54(93-18)99-44-17(8-62)91-52(36(80)27(44)71)98-43-16(7-61)89-50(34(78)26(43)70)94-39-12(3-57)85-46(83)30(74)23(39)67/h10-83H,1-9H2/t10-,11-,12-,13-,14-,15-,16-,17-,18-,19-,20-,21+,22+,23-,24-,25-,26-,27-,28-,29-,30-,31-,32-,33-,34-,35-,36-,37-,38-,39-,40-,41-,42-,43-,44-,45-,46?,47+,48-,49-,50-,51-,52-,53-,54-/m1/s1. The van der Waals surface area contributed by atoms with Crippen LogP contribution >= 0.6 is 0 Å². The molecule has 584 valence electrons. The summed E-state index contributed by atoms with van der Waals surface area (Å²) in [6.45, 7) is -9.42. The lowest BCUT2D eigenvalue weighted by Crippen LogP contribution is -2.68.